The number of carboxylic acid groups (broad SMARTS) is 3. The first-order chi connectivity index (χ1) is 6.36. The van der Waals surface area contributed by atoms with E-state index in [9.17, 15) is 9.59 Å². The molecule has 0 atom stereocenters. The van der Waals surface area contributed by atoms with E-state index >= 15 is 0 Å². The van der Waals surface area contributed by atoms with E-state index in [0.29, 0.717) is 0 Å². The molecule has 0 saturated heterocycles. The molecule has 0 amide bonds. The van der Waals surface area contributed by atoms with Crippen molar-refractivity contribution in [1.82, 2.24) is 0 Å². The van der Waals surface area contributed by atoms with E-state index in [1.165, 1.54) is 0 Å². The predicted molar refractivity (Wildman–Crippen MR) is 43.1 cm³/mol. The fraction of sp³-hybridized carbons (Fsp3) is 0.500. The standard InChI is InChI=1S/C3H4O5.C2H4O2.CH4O/c4-2(5)1-8-3(6)7;1-2(3)4;1-2/h1H2,(H,4,5)(H,6,7);1H3,(H,3,4);2H,1H3. The van der Waals surface area contributed by atoms with Crippen LogP contribution in [0.3, 0.4) is 0 Å². The van der Waals surface area contributed by atoms with Crippen molar-refractivity contribution in [3.05, 3.63) is 0 Å². The number of hydrogen-bond acceptors (Lipinski definition) is 5. The predicted octanol–water partition coefficient (Wildman–Crippen LogP) is -0.535. The van der Waals surface area contributed by atoms with E-state index in [-0.39, 0.29) is 0 Å². The van der Waals surface area contributed by atoms with Gasteiger partial charge >= 0.3 is 12.1 Å². The molecule has 0 aliphatic heterocycles. The summed E-state index contributed by atoms with van der Waals surface area (Å²) in [6.45, 7) is 0.287. The molecule has 0 aromatic heterocycles. The lowest BCUT2D eigenvalue weighted by Crippen LogP contribution is -2.10. The van der Waals surface area contributed by atoms with Crippen molar-refractivity contribution in [3.8, 4) is 0 Å². The number of aliphatic hydroxyl groups is 1. The number of aliphatic hydroxyl groups excluding tert-OH is 1. The van der Waals surface area contributed by atoms with Crippen LogP contribution in [0.5, 0.6) is 0 Å². The zero-order valence-corrected chi connectivity index (χ0v) is 7.63. The second-order valence-electron chi connectivity index (χ2n) is 1.47. The van der Waals surface area contributed by atoms with Crippen LogP contribution in [-0.2, 0) is 14.3 Å². The second-order valence-corrected chi connectivity index (χ2v) is 1.47. The fourth-order valence-corrected chi connectivity index (χ4v) is 0.123. The summed E-state index contributed by atoms with van der Waals surface area (Å²) in [7, 11) is 1.00. The van der Waals surface area contributed by atoms with Gasteiger partial charge in [-0.05, 0) is 0 Å². The Kier molecular flexibility index (Phi) is 17.7. The van der Waals surface area contributed by atoms with Gasteiger partial charge in [-0.25, -0.2) is 9.59 Å². The zero-order chi connectivity index (χ0) is 12.1. The maximum Gasteiger partial charge on any atom is 0.506 e. The van der Waals surface area contributed by atoms with Crippen LogP contribution < -0.4 is 0 Å². The van der Waals surface area contributed by atoms with E-state index in [1.807, 2.05) is 0 Å². The van der Waals surface area contributed by atoms with Gasteiger partial charge in [-0.3, -0.25) is 4.79 Å². The van der Waals surface area contributed by atoms with Crippen molar-refractivity contribution in [2.75, 3.05) is 13.7 Å². The highest BCUT2D eigenvalue weighted by Crippen LogP contribution is 1.73. The Morgan fingerprint density at radius 2 is 1.36 bits per heavy atom. The van der Waals surface area contributed by atoms with Crippen molar-refractivity contribution < 1.29 is 39.5 Å². The Balaban J connectivity index is -0.000000170. The van der Waals surface area contributed by atoms with Crippen LogP contribution in [0.25, 0.3) is 0 Å². The second kappa shape index (κ2) is 13.7. The van der Waals surface area contributed by atoms with Crippen molar-refractivity contribution >= 4 is 18.1 Å². The van der Waals surface area contributed by atoms with E-state index in [4.69, 9.17) is 25.2 Å². The average molecular weight is 212 g/mol. The third kappa shape index (κ3) is 85.1. The third-order valence-electron chi connectivity index (χ3n) is 0.319. The number of carbonyl (C=O) groups is 3. The molecule has 4 N–H and O–H groups in total. The van der Waals surface area contributed by atoms with Gasteiger partial charge < -0.3 is 25.2 Å². The maximum atomic E-state index is 9.52. The van der Waals surface area contributed by atoms with Crippen molar-refractivity contribution in [1.29, 1.82) is 0 Å². The van der Waals surface area contributed by atoms with Gasteiger partial charge in [0.25, 0.3) is 5.97 Å². The molecule has 8 heteroatoms. The smallest absolute Gasteiger partial charge is 0.481 e. The lowest BCUT2D eigenvalue weighted by Gasteiger charge is -1.90. The first-order valence-electron chi connectivity index (χ1n) is 3.08. The van der Waals surface area contributed by atoms with Crippen LogP contribution in [0.15, 0.2) is 0 Å². The van der Waals surface area contributed by atoms with Crippen LogP contribution >= 0.6 is 0 Å². The quantitative estimate of drug-likeness (QED) is 0.447. The molecule has 0 rings (SSSR count). The summed E-state index contributed by atoms with van der Waals surface area (Å²) in [6, 6.07) is 0. The lowest BCUT2D eigenvalue weighted by molar-refractivity contribution is -0.141. The normalized spacial score (nSPS) is 6.79. The summed E-state index contributed by atoms with van der Waals surface area (Å²) in [6.07, 6.45) is -1.58. The molecule has 0 aromatic rings. The van der Waals surface area contributed by atoms with Crippen molar-refractivity contribution in [2.45, 2.75) is 6.92 Å². The van der Waals surface area contributed by atoms with Gasteiger partial charge in [-0.1, -0.05) is 0 Å². The minimum atomic E-state index is -1.58. The van der Waals surface area contributed by atoms with Crippen molar-refractivity contribution in [2.24, 2.45) is 0 Å². The van der Waals surface area contributed by atoms with Gasteiger partial charge in [-0.15, -0.1) is 0 Å². The highest BCUT2D eigenvalue weighted by atomic mass is 16.7. The first kappa shape index (κ1) is 18.1. The summed E-state index contributed by atoms with van der Waals surface area (Å²) < 4.78 is 3.62. The molecule has 0 bridgehead atoms. The highest BCUT2D eigenvalue weighted by molar-refractivity contribution is 5.71. The molecule has 0 spiro atoms. The molecule has 84 valence electrons. The summed E-state index contributed by atoms with van der Waals surface area (Å²) in [5.74, 6) is -2.13. The molecule has 14 heavy (non-hydrogen) atoms. The Bertz CT molecular complexity index is 157. The van der Waals surface area contributed by atoms with Gasteiger partial charge in [0.15, 0.2) is 6.61 Å². The molecule has 0 aliphatic rings. The Labute approximate surface area is 79.4 Å². The first-order valence-corrected chi connectivity index (χ1v) is 3.08. The summed E-state index contributed by atoms with van der Waals surface area (Å²) >= 11 is 0. The molecular weight excluding hydrogens is 200 g/mol. The molecular formula is C6H12O8. The maximum absolute atomic E-state index is 9.52. The number of rotatable bonds is 2. The topological polar surface area (TPSA) is 141 Å². The molecule has 0 radical (unpaired) electrons. The Morgan fingerprint density at radius 1 is 1.07 bits per heavy atom. The molecule has 0 aromatic carbocycles. The van der Waals surface area contributed by atoms with E-state index in [1.54, 1.807) is 0 Å². The van der Waals surface area contributed by atoms with Gasteiger partial charge in [0.1, 0.15) is 0 Å². The highest BCUT2D eigenvalue weighted by Gasteiger charge is 1.99. The molecule has 0 saturated carbocycles. The number of aliphatic carboxylic acids is 2. The molecule has 0 aliphatic carbocycles. The largest absolute Gasteiger partial charge is 0.506 e. The van der Waals surface area contributed by atoms with Gasteiger partial charge in [0, 0.05) is 14.0 Å². The molecule has 8 nitrogen and oxygen atoms in total. The summed E-state index contributed by atoms with van der Waals surface area (Å²) in [5.41, 5.74) is 0. The van der Waals surface area contributed by atoms with Crippen LogP contribution in [0.1, 0.15) is 6.92 Å². The van der Waals surface area contributed by atoms with E-state index in [2.05, 4.69) is 4.74 Å². The molecule has 0 fully saturated rings. The van der Waals surface area contributed by atoms with Crippen molar-refractivity contribution in [3.63, 3.8) is 0 Å². The fourth-order valence-electron chi connectivity index (χ4n) is 0.123. The molecule has 0 unspecified atom stereocenters. The zero-order valence-electron chi connectivity index (χ0n) is 7.63. The van der Waals surface area contributed by atoms with Crippen LogP contribution in [-0.4, -0.2) is 52.2 Å². The summed E-state index contributed by atoms with van der Waals surface area (Å²) in [4.78, 5) is 27.9. The Morgan fingerprint density at radius 3 is 1.43 bits per heavy atom. The minimum absolute atomic E-state index is 0.796. The van der Waals surface area contributed by atoms with Crippen LogP contribution in [0, 0.1) is 0 Å². The van der Waals surface area contributed by atoms with Gasteiger partial charge in [0.2, 0.25) is 0 Å². The average Bonchev–Trinajstić information content (AvgIpc) is 2.03. The van der Waals surface area contributed by atoms with Crippen LogP contribution in [0.4, 0.5) is 4.79 Å². The van der Waals surface area contributed by atoms with Gasteiger partial charge in [0.05, 0.1) is 0 Å². The van der Waals surface area contributed by atoms with E-state index < -0.39 is 24.7 Å². The van der Waals surface area contributed by atoms with Crippen LogP contribution in [0.2, 0.25) is 0 Å². The van der Waals surface area contributed by atoms with E-state index in [0.717, 1.165) is 14.0 Å². The lowest BCUT2D eigenvalue weighted by atomic mass is 10.8. The SMILES string of the molecule is CC(=O)O.CO.O=C(O)COC(=O)O. The molecule has 0 heterocycles. The minimum Gasteiger partial charge on any atom is -0.481 e. The monoisotopic (exact) mass is 212 g/mol. The summed E-state index contributed by atoms with van der Waals surface area (Å²) in [5, 5.41) is 29.9. The Hall–Kier alpha value is -1.83. The number of ether oxygens (including phenoxy) is 1. The number of carboxylic acids is 2. The number of hydrogen-bond donors (Lipinski definition) is 4. The third-order valence-corrected chi connectivity index (χ3v) is 0.319. The van der Waals surface area contributed by atoms with Gasteiger partial charge in [-0.2, -0.15) is 0 Å².